The van der Waals surface area contributed by atoms with Crippen molar-refractivity contribution in [2.24, 2.45) is 0 Å². The SMILES string of the molecule is COc1ccccc1-c1cc(C(F)(F)F)nc(Nc2ccc(C(=O)O)cc2)n1. The van der Waals surface area contributed by atoms with Crippen LogP contribution in [0.2, 0.25) is 0 Å². The predicted molar refractivity (Wildman–Crippen MR) is 95.7 cm³/mol. The van der Waals surface area contributed by atoms with Gasteiger partial charge in [0, 0.05) is 11.3 Å². The first kappa shape index (κ1) is 19.2. The number of rotatable bonds is 5. The average molecular weight is 389 g/mol. The van der Waals surface area contributed by atoms with Gasteiger partial charge in [-0.2, -0.15) is 13.2 Å². The molecule has 0 fully saturated rings. The lowest BCUT2D eigenvalue weighted by atomic mass is 10.1. The number of carboxylic acids is 1. The predicted octanol–water partition coefficient (Wildman–Crippen LogP) is 4.61. The van der Waals surface area contributed by atoms with Crippen LogP contribution in [0.25, 0.3) is 11.3 Å². The summed E-state index contributed by atoms with van der Waals surface area (Å²) in [6, 6.07) is 12.9. The number of anilines is 2. The monoisotopic (exact) mass is 389 g/mol. The largest absolute Gasteiger partial charge is 0.496 e. The zero-order chi connectivity index (χ0) is 20.3. The van der Waals surface area contributed by atoms with Gasteiger partial charge in [0.2, 0.25) is 5.95 Å². The molecule has 0 aliphatic carbocycles. The highest BCUT2D eigenvalue weighted by Crippen LogP contribution is 2.34. The number of carbonyl (C=O) groups is 1. The average Bonchev–Trinajstić information content (AvgIpc) is 2.67. The number of para-hydroxylation sites is 1. The number of halogens is 3. The van der Waals surface area contributed by atoms with E-state index >= 15 is 0 Å². The minimum absolute atomic E-state index is 0.0319. The van der Waals surface area contributed by atoms with Gasteiger partial charge in [-0.1, -0.05) is 12.1 Å². The van der Waals surface area contributed by atoms with Crippen LogP contribution in [0.3, 0.4) is 0 Å². The van der Waals surface area contributed by atoms with E-state index in [0.29, 0.717) is 17.0 Å². The second-order valence-electron chi connectivity index (χ2n) is 5.67. The Labute approximate surface area is 157 Å². The molecule has 0 unspecified atom stereocenters. The maximum atomic E-state index is 13.3. The molecule has 0 bridgehead atoms. The van der Waals surface area contributed by atoms with Crippen LogP contribution in [0, 0.1) is 0 Å². The van der Waals surface area contributed by atoms with Crippen molar-refractivity contribution in [1.29, 1.82) is 0 Å². The van der Waals surface area contributed by atoms with Gasteiger partial charge in [0.05, 0.1) is 18.4 Å². The number of benzene rings is 2. The quantitative estimate of drug-likeness (QED) is 0.663. The minimum atomic E-state index is -4.68. The molecule has 9 heteroatoms. The Morgan fingerprint density at radius 2 is 1.75 bits per heavy atom. The number of ether oxygens (including phenoxy) is 1. The second-order valence-corrected chi connectivity index (χ2v) is 5.67. The molecule has 3 rings (SSSR count). The molecular formula is C19H14F3N3O3. The van der Waals surface area contributed by atoms with E-state index in [0.717, 1.165) is 6.07 Å². The van der Waals surface area contributed by atoms with E-state index in [9.17, 15) is 18.0 Å². The third kappa shape index (κ3) is 4.20. The Hall–Kier alpha value is -3.62. The van der Waals surface area contributed by atoms with Gasteiger partial charge in [-0.05, 0) is 42.5 Å². The maximum Gasteiger partial charge on any atom is 0.433 e. The zero-order valence-electron chi connectivity index (χ0n) is 14.5. The fraction of sp³-hybridized carbons (Fsp3) is 0.105. The summed E-state index contributed by atoms with van der Waals surface area (Å²) in [4.78, 5) is 18.6. The topological polar surface area (TPSA) is 84.3 Å². The van der Waals surface area contributed by atoms with Crippen molar-refractivity contribution in [1.82, 2.24) is 9.97 Å². The molecule has 1 aromatic heterocycles. The second kappa shape index (κ2) is 7.55. The normalized spacial score (nSPS) is 11.1. The summed E-state index contributed by atoms with van der Waals surface area (Å²) in [7, 11) is 1.41. The third-order valence-electron chi connectivity index (χ3n) is 3.79. The molecule has 0 radical (unpaired) electrons. The molecule has 0 aliphatic rings. The van der Waals surface area contributed by atoms with Crippen LogP contribution < -0.4 is 10.1 Å². The van der Waals surface area contributed by atoms with Gasteiger partial charge >= 0.3 is 12.1 Å². The molecule has 0 saturated heterocycles. The van der Waals surface area contributed by atoms with Gasteiger partial charge in [0.25, 0.3) is 0 Å². The van der Waals surface area contributed by atoms with Gasteiger partial charge in [-0.3, -0.25) is 0 Å². The van der Waals surface area contributed by atoms with Crippen LogP contribution in [0.15, 0.2) is 54.6 Å². The summed E-state index contributed by atoms with van der Waals surface area (Å²) >= 11 is 0. The highest BCUT2D eigenvalue weighted by atomic mass is 19.4. The molecule has 0 amide bonds. The number of aromatic carboxylic acids is 1. The number of nitrogens with zero attached hydrogens (tertiary/aromatic N) is 2. The van der Waals surface area contributed by atoms with Crippen LogP contribution in [0.4, 0.5) is 24.8 Å². The van der Waals surface area contributed by atoms with Crippen molar-refractivity contribution in [3.8, 4) is 17.0 Å². The summed E-state index contributed by atoms with van der Waals surface area (Å²) in [5, 5.41) is 11.6. The molecule has 3 aromatic rings. The molecule has 1 heterocycles. The lowest BCUT2D eigenvalue weighted by Gasteiger charge is -2.13. The Morgan fingerprint density at radius 1 is 1.07 bits per heavy atom. The van der Waals surface area contributed by atoms with Crippen molar-refractivity contribution in [3.05, 3.63) is 65.9 Å². The fourth-order valence-corrected chi connectivity index (χ4v) is 2.47. The van der Waals surface area contributed by atoms with Crippen molar-refractivity contribution in [2.75, 3.05) is 12.4 Å². The van der Waals surface area contributed by atoms with E-state index in [1.807, 2.05) is 0 Å². The first-order valence-electron chi connectivity index (χ1n) is 7.98. The van der Waals surface area contributed by atoms with E-state index in [1.165, 1.54) is 31.4 Å². The van der Waals surface area contributed by atoms with Crippen LogP contribution >= 0.6 is 0 Å². The van der Waals surface area contributed by atoms with Crippen molar-refractivity contribution in [3.63, 3.8) is 0 Å². The van der Waals surface area contributed by atoms with Gasteiger partial charge in [-0.25, -0.2) is 14.8 Å². The first-order valence-corrected chi connectivity index (χ1v) is 7.98. The summed E-state index contributed by atoms with van der Waals surface area (Å²) in [5.41, 5.74) is -0.319. The maximum absolute atomic E-state index is 13.3. The zero-order valence-corrected chi connectivity index (χ0v) is 14.5. The van der Waals surface area contributed by atoms with E-state index < -0.39 is 17.8 Å². The van der Waals surface area contributed by atoms with Gasteiger partial charge in [-0.15, -0.1) is 0 Å². The molecule has 0 spiro atoms. The molecule has 28 heavy (non-hydrogen) atoms. The van der Waals surface area contributed by atoms with Gasteiger partial charge in [0.15, 0.2) is 5.69 Å². The molecular weight excluding hydrogens is 375 g/mol. The highest BCUT2D eigenvalue weighted by molar-refractivity contribution is 5.88. The Balaban J connectivity index is 2.04. The smallest absolute Gasteiger partial charge is 0.433 e. The van der Waals surface area contributed by atoms with Crippen molar-refractivity contribution >= 4 is 17.6 Å². The lowest BCUT2D eigenvalue weighted by molar-refractivity contribution is -0.141. The first-order chi connectivity index (χ1) is 13.3. The Bertz CT molecular complexity index is 1010. The molecule has 2 aromatic carbocycles. The number of nitrogens with one attached hydrogen (secondary N) is 1. The number of hydrogen-bond acceptors (Lipinski definition) is 5. The van der Waals surface area contributed by atoms with Crippen LogP contribution in [-0.4, -0.2) is 28.2 Å². The summed E-state index contributed by atoms with van der Waals surface area (Å²) < 4.78 is 45.1. The molecule has 144 valence electrons. The number of alkyl halides is 3. The van der Waals surface area contributed by atoms with Crippen LogP contribution in [0.1, 0.15) is 16.1 Å². The summed E-state index contributed by atoms with van der Waals surface area (Å²) in [5.74, 6) is -1.02. The summed E-state index contributed by atoms with van der Waals surface area (Å²) in [6.45, 7) is 0. The number of carboxylic acid groups (broad SMARTS) is 1. The van der Waals surface area contributed by atoms with Gasteiger partial charge < -0.3 is 15.2 Å². The molecule has 2 N–H and O–H groups in total. The lowest BCUT2D eigenvalue weighted by Crippen LogP contribution is -2.11. The standard InChI is InChI=1S/C19H14F3N3O3/c1-28-15-5-3-2-4-13(15)14-10-16(19(20,21)22)25-18(24-14)23-12-8-6-11(7-9-12)17(26)27/h2-10H,1H3,(H,26,27)(H,23,24,25). The number of methoxy groups -OCH3 is 1. The molecule has 0 aliphatic heterocycles. The molecule has 6 nitrogen and oxygen atoms in total. The molecule has 0 atom stereocenters. The minimum Gasteiger partial charge on any atom is -0.496 e. The van der Waals surface area contributed by atoms with Crippen molar-refractivity contribution in [2.45, 2.75) is 6.18 Å². The summed E-state index contributed by atoms with van der Waals surface area (Å²) in [6.07, 6.45) is -4.68. The molecule has 0 saturated carbocycles. The Kier molecular flexibility index (Phi) is 5.16. The number of aromatic nitrogens is 2. The third-order valence-corrected chi connectivity index (χ3v) is 3.79. The Morgan fingerprint density at radius 3 is 2.36 bits per heavy atom. The number of hydrogen-bond donors (Lipinski definition) is 2. The highest BCUT2D eigenvalue weighted by Gasteiger charge is 2.34. The van der Waals surface area contributed by atoms with E-state index in [1.54, 1.807) is 24.3 Å². The van der Waals surface area contributed by atoms with Gasteiger partial charge in [0.1, 0.15) is 5.75 Å². The van der Waals surface area contributed by atoms with E-state index in [2.05, 4.69) is 15.3 Å². The van der Waals surface area contributed by atoms with Crippen molar-refractivity contribution < 1.29 is 27.8 Å². The fourth-order valence-electron chi connectivity index (χ4n) is 2.47. The van der Waals surface area contributed by atoms with E-state index in [4.69, 9.17) is 9.84 Å². The van der Waals surface area contributed by atoms with Crippen LogP contribution in [-0.2, 0) is 6.18 Å². The van der Waals surface area contributed by atoms with E-state index in [-0.39, 0.29) is 17.2 Å². The van der Waals surface area contributed by atoms with Crippen LogP contribution in [0.5, 0.6) is 5.75 Å².